The number of carbonyl (C=O) groups excluding carboxylic acids is 1. The van der Waals surface area contributed by atoms with Crippen LogP contribution in [-0.2, 0) is 10.2 Å². The normalized spacial score (nSPS) is 12.6. The fraction of sp³-hybridized carbons (Fsp3) is 0.174. The first-order chi connectivity index (χ1) is 12.2. The summed E-state index contributed by atoms with van der Waals surface area (Å²) >= 11 is 4.28. The Bertz CT molecular complexity index is 716. The third kappa shape index (κ3) is 3.14. The van der Waals surface area contributed by atoms with Gasteiger partial charge in [0.05, 0.1) is 5.41 Å². The average molecular weight is 346 g/mol. The van der Waals surface area contributed by atoms with Crippen molar-refractivity contribution in [1.82, 2.24) is 0 Å². The second-order valence-corrected chi connectivity index (χ2v) is 6.65. The molecule has 0 radical (unpaired) electrons. The molecule has 0 saturated heterocycles. The zero-order valence-electron chi connectivity index (χ0n) is 14.3. The SMILES string of the molecule is CCC(C(=O)S)C(c1ccccc1)(c1ccccc1)c1ccccc1. The molecular formula is C23H22OS. The standard InChI is InChI=1S/C23H22OS/c1-2-21(22(24)25)23(18-12-6-3-7-13-18,19-14-8-4-9-15-19)20-16-10-5-11-17-20/h3-17,21H,2H2,1H3,(H,24,25). The van der Waals surface area contributed by atoms with Crippen molar-refractivity contribution in [3.05, 3.63) is 108 Å². The molecule has 0 bridgehead atoms. The van der Waals surface area contributed by atoms with Crippen molar-refractivity contribution in [3.63, 3.8) is 0 Å². The maximum Gasteiger partial charge on any atom is 0.190 e. The molecule has 3 rings (SSSR count). The maximum absolute atomic E-state index is 12.6. The molecule has 0 amide bonds. The minimum absolute atomic E-state index is 0.0842. The lowest BCUT2D eigenvalue weighted by molar-refractivity contribution is -0.115. The number of hydrogen-bond donors (Lipinski definition) is 1. The maximum atomic E-state index is 12.6. The smallest absolute Gasteiger partial charge is 0.190 e. The van der Waals surface area contributed by atoms with Crippen LogP contribution in [0.5, 0.6) is 0 Å². The van der Waals surface area contributed by atoms with Crippen LogP contribution >= 0.6 is 12.6 Å². The molecule has 0 saturated carbocycles. The number of benzene rings is 3. The third-order valence-corrected chi connectivity index (χ3v) is 5.23. The fourth-order valence-electron chi connectivity index (χ4n) is 3.87. The molecule has 0 aromatic heterocycles. The second-order valence-electron chi connectivity index (χ2n) is 6.21. The van der Waals surface area contributed by atoms with Gasteiger partial charge in [-0.3, -0.25) is 4.79 Å². The van der Waals surface area contributed by atoms with Crippen LogP contribution in [0.15, 0.2) is 91.0 Å². The largest absolute Gasteiger partial charge is 0.287 e. The molecule has 1 nitrogen and oxygen atoms in total. The number of hydrogen-bond acceptors (Lipinski definition) is 1. The van der Waals surface area contributed by atoms with Crippen LogP contribution in [0, 0.1) is 5.92 Å². The third-order valence-electron chi connectivity index (χ3n) is 4.92. The van der Waals surface area contributed by atoms with Crippen LogP contribution in [0.1, 0.15) is 30.0 Å². The van der Waals surface area contributed by atoms with Crippen LogP contribution < -0.4 is 0 Å². The Labute approximate surface area is 155 Å². The monoisotopic (exact) mass is 346 g/mol. The van der Waals surface area contributed by atoms with Gasteiger partial charge in [-0.1, -0.05) is 97.9 Å². The highest BCUT2D eigenvalue weighted by molar-refractivity contribution is 7.96. The van der Waals surface area contributed by atoms with Gasteiger partial charge in [-0.05, 0) is 23.1 Å². The van der Waals surface area contributed by atoms with Crippen LogP contribution in [0.2, 0.25) is 0 Å². The zero-order chi connectivity index (χ0) is 17.7. The highest BCUT2D eigenvalue weighted by atomic mass is 32.1. The molecule has 1 unspecified atom stereocenters. The van der Waals surface area contributed by atoms with Crippen molar-refractivity contribution in [3.8, 4) is 0 Å². The van der Waals surface area contributed by atoms with E-state index in [9.17, 15) is 4.79 Å². The predicted octanol–water partition coefficient (Wildman–Crippen LogP) is 5.50. The summed E-state index contributed by atoms with van der Waals surface area (Å²) in [5.41, 5.74) is 2.78. The van der Waals surface area contributed by atoms with Crippen molar-refractivity contribution in [2.24, 2.45) is 5.92 Å². The molecule has 25 heavy (non-hydrogen) atoms. The van der Waals surface area contributed by atoms with E-state index in [4.69, 9.17) is 0 Å². The van der Waals surface area contributed by atoms with Gasteiger partial charge in [0.2, 0.25) is 0 Å². The minimum Gasteiger partial charge on any atom is -0.287 e. The lowest BCUT2D eigenvalue weighted by Crippen LogP contribution is -2.40. The molecule has 0 N–H and O–H groups in total. The van der Waals surface area contributed by atoms with Crippen molar-refractivity contribution >= 4 is 17.7 Å². The molecular weight excluding hydrogens is 324 g/mol. The molecule has 0 aliphatic carbocycles. The summed E-state index contributed by atoms with van der Waals surface area (Å²) in [4.78, 5) is 12.6. The molecule has 0 aliphatic rings. The first kappa shape index (κ1) is 17.5. The predicted molar refractivity (Wildman–Crippen MR) is 107 cm³/mol. The summed E-state index contributed by atoms with van der Waals surface area (Å²) in [6.45, 7) is 2.06. The van der Waals surface area contributed by atoms with E-state index in [2.05, 4.69) is 56.0 Å². The quantitative estimate of drug-likeness (QED) is 0.460. The van der Waals surface area contributed by atoms with Crippen LogP contribution in [-0.4, -0.2) is 5.12 Å². The Kier molecular flexibility index (Phi) is 5.40. The highest BCUT2D eigenvalue weighted by Crippen LogP contribution is 2.47. The summed E-state index contributed by atoms with van der Waals surface area (Å²) in [6.07, 6.45) is 0.709. The van der Waals surface area contributed by atoms with Gasteiger partial charge in [-0.25, -0.2) is 0 Å². The van der Waals surface area contributed by atoms with Crippen LogP contribution in [0.25, 0.3) is 0 Å². The average Bonchev–Trinajstić information content (AvgIpc) is 2.68. The fourth-order valence-corrected chi connectivity index (χ4v) is 4.25. The van der Waals surface area contributed by atoms with E-state index in [1.54, 1.807) is 0 Å². The van der Waals surface area contributed by atoms with Gasteiger partial charge in [0.25, 0.3) is 0 Å². The summed E-state index contributed by atoms with van der Waals surface area (Å²) in [6, 6.07) is 30.9. The van der Waals surface area contributed by atoms with Gasteiger partial charge in [-0.2, -0.15) is 0 Å². The van der Waals surface area contributed by atoms with Gasteiger partial charge in [0.1, 0.15) is 0 Å². The van der Waals surface area contributed by atoms with E-state index in [-0.39, 0.29) is 11.0 Å². The topological polar surface area (TPSA) is 17.1 Å². The van der Waals surface area contributed by atoms with Crippen molar-refractivity contribution in [1.29, 1.82) is 0 Å². The summed E-state index contributed by atoms with van der Waals surface area (Å²) in [7, 11) is 0. The number of thiol groups is 1. The first-order valence-corrected chi connectivity index (χ1v) is 9.05. The lowest BCUT2D eigenvalue weighted by atomic mass is 9.61. The van der Waals surface area contributed by atoms with Crippen molar-refractivity contribution in [2.45, 2.75) is 18.8 Å². The Morgan fingerprint density at radius 1 is 0.760 bits per heavy atom. The molecule has 2 heteroatoms. The van der Waals surface area contributed by atoms with E-state index >= 15 is 0 Å². The number of rotatable bonds is 6. The first-order valence-electron chi connectivity index (χ1n) is 8.60. The number of carbonyl (C=O) groups is 1. The Morgan fingerprint density at radius 2 is 1.08 bits per heavy atom. The van der Waals surface area contributed by atoms with Gasteiger partial charge in [-0.15, -0.1) is 12.6 Å². The highest BCUT2D eigenvalue weighted by Gasteiger charge is 2.45. The van der Waals surface area contributed by atoms with E-state index in [1.165, 1.54) is 0 Å². The van der Waals surface area contributed by atoms with Crippen molar-refractivity contribution < 1.29 is 4.79 Å². The minimum atomic E-state index is -0.558. The van der Waals surface area contributed by atoms with Gasteiger partial charge >= 0.3 is 0 Å². The molecule has 0 fully saturated rings. The lowest BCUT2D eigenvalue weighted by Gasteiger charge is -2.41. The van der Waals surface area contributed by atoms with Gasteiger partial charge in [0, 0.05) is 5.92 Å². The summed E-state index contributed by atoms with van der Waals surface area (Å²) in [5, 5.41) is -0.0842. The van der Waals surface area contributed by atoms with Gasteiger partial charge < -0.3 is 0 Å². The Balaban J connectivity index is 2.42. The molecule has 1 atom stereocenters. The second kappa shape index (κ2) is 7.71. The van der Waals surface area contributed by atoms with Crippen LogP contribution in [0.4, 0.5) is 0 Å². The Hall–Kier alpha value is -2.32. The summed E-state index contributed by atoms with van der Waals surface area (Å²) < 4.78 is 0. The molecule has 0 spiro atoms. The van der Waals surface area contributed by atoms with E-state index in [0.717, 1.165) is 16.7 Å². The molecule has 3 aromatic carbocycles. The van der Waals surface area contributed by atoms with E-state index < -0.39 is 5.41 Å². The Morgan fingerprint density at radius 3 is 1.32 bits per heavy atom. The van der Waals surface area contributed by atoms with E-state index in [1.807, 2.05) is 54.6 Å². The molecule has 0 heterocycles. The van der Waals surface area contributed by atoms with Gasteiger partial charge in [0.15, 0.2) is 5.12 Å². The van der Waals surface area contributed by atoms with Crippen LogP contribution in [0.3, 0.4) is 0 Å². The summed E-state index contributed by atoms with van der Waals surface area (Å²) in [5.74, 6) is -0.261. The molecule has 126 valence electrons. The molecule has 0 aliphatic heterocycles. The van der Waals surface area contributed by atoms with Crippen molar-refractivity contribution in [2.75, 3.05) is 0 Å². The molecule has 3 aromatic rings. The zero-order valence-corrected chi connectivity index (χ0v) is 15.2. The van der Waals surface area contributed by atoms with E-state index in [0.29, 0.717) is 6.42 Å².